The molecule has 0 unspecified atom stereocenters. The van der Waals surface area contributed by atoms with Crippen LogP contribution in [0.5, 0.6) is 0 Å². The fraction of sp³-hybridized carbons (Fsp3) is 0.714. The molecule has 0 aliphatic heterocycles. The maximum absolute atomic E-state index is 11.1. The molecule has 0 spiro atoms. The molecule has 12 heavy (non-hydrogen) atoms. The van der Waals surface area contributed by atoms with Crippen LogP contribution in [-0.4, -0.2) is 42.2 Å². The van der Waals surface area contributed by atoms with Crippen molar-refractivity contribution in [1.29, 1.82) is 0 Å². The number of nitrogens with zero attached hydrogens (tertiary/aromatic N) is 3. The molecule has 0 N–H and O–H groups in total. The largest absolute Gasteiger partial charge is 0.369 e. The maximum Gasteiger partial charge on any atom is 0.354 e. The van der Waals surface area contributed by atoms with Crippen LogP contribution < -0.4 is 0 Å². The first-order chi connectivity index (χ1) is 5.57. The van der Waals surface area contributed by atoms with Crippen LogP contribution in [-0.2, 0) is 0 Å². The molecule has 0 aliphatic rings. The molecular weight excluding hydrogens is 174 g/mol. The molecule has 0 aromatic heterocycles. The lowest BCUT2D eigenvalue weighted by Gasteiger charge is -2.10. The summed E-state index contributed by atoms with van der Waals surface area (Å²) in [5.41, 5.74) is 0. The van der Waals surface area contributed by atoms with Gasteiger partial charge in [0.05, 0.1) is 6.34 Å². The van der Waals surface area contributed by atoms with E-state index in [1.807, 2.05) is 6.92 Å². The van der Waals surface area contributed by atoms with Gasteiger partial charge in [-0.05, 0) is 6.42 Å². The molecule has 0 saturated carbocycles. The molecule has 0 aromatic rings. The van der Waals surface area contributed by atoms with Gasteiger partial charge < -0.3 is 4.90 Å². The smallest absolute Gasteiger partial charge is 0.354 e. The highest BCUT2D eigenvalue weighted by Crippen LogP contribution is 1.98. The fourth-order valence-electron chi connectivity index (χ4n) is 0.539. The quantitative estimate of drug-likeness (QED) is 0.412. The molecule has 5 heteroatoms. The third-order valence-electron chi connectivity index (χ3n) is 1.06. The summed E-state index contributed by atoms with van der Waals surface area (Å²) in [5.74, 6) is 0. The van der Waals surface area contributed by atoms with Crippen molar-refractivity contribution in [2.45, 2.75) is 13.3 Å². The second-order valence-electron chi connectivity index (χ2n) is 2.61. The fourth-order valence-corrected chi connectivity index (χ4v) is 0.791. The molecule has 4 nitrogen and oxygen atoms in total. The van der Waals surface area contributed by atoms with Crippen molar-refractivity contribution >= 4 is 25.2 Å². The summed E-state index contributed by atoms with van der Waals surface area (Å²) in [5, 5.41) is 0. The van der Waals surface area contributed by atoms with Gasteiger partial charge in [-0.15, -0.1) is 0 Å². The Morgan fingerprint density at radius 3 is 2.58 bits per heavy atom. The van der Waals surface area contributed by atoms with E-state index in [0.29, 0.717) is 6.54 Å². The van der Waals surface area contributed by atoms with Crippen LogP contribution >= 0.6 is 12.8 Å². The molecule has 0 atom stereocenters. The molecular formula is C7H15N3OS. The van der Waals surface area contributed by atoms with Gasteiger partial charge >= 0.3 is 6.03 Å². The molecule has 0 radical (unpaired) electrons. The van der Waals surface area contributed by atoms with Crippen LogP contribution in [0, 0.1) is 0 Å². The molecule has 0 saturated heterocycles. The molecule has 0 fully saturated rings. The second kappa shape index (κ2) is 5.88. The monoisotopic (exact) mass is 189 g/mol. The Morgan fingerprint density at radius 1 is 1.58 bits per heavy atom. The maximum atomic E-state index is 11.1. The average molecular weight is 189 g/mol. The highest BCUT2D eigenvalue weighted by molar-refractivity contribution is 7.78. The molecule has 0 heterocycles. The Labute approximate surface area is 78.8 Å². The van der Waals surface area contributed by atoms with Crippen LogP contribution in [0.4, 0.5) is 4.79 Å². The predicted molar refractivity (Wildman–Crippen MR) is 53.6 cm³/mol. The molecule has 70 valence electrons. The first kappa shape index (κ1) is 11.3. The molecule has 0 aromatic carbocycles. The number of carbonyl (C=O) groups is 1. The van der Waals surface area contributed by atoms with Gasteiger partial charge in [-0.1, -0.05) is 19.7 Å². The zero-order valence-electron chi connectivity index (χ0n) is 7.69. The van der Waals surface area contributed by atoms with Crippen LogP contribution in [0.1, 0.15) is 13.3 Å². The van der Waals surface area contributed by atoms with E-state index < -0.39 is 0 Å². The second-order valence-corrected chi connectivity index (χ2v) is 3.10. The van der Waals surface area contributed by atoms with E-state index in [2.05, 4.69) is 17.8 Å². The minimum atomic E-state index is -0.325. The molecule has 0 aliphatic carbocycles. The predicted octanol–water partition coefficient (Wildman–Crippen LogP) is 1.25. The minimum Gasteiger partial charge on any atom is -0.369 e. The van der Waals surface area contributed by atoms with Crippen molar-refractivity contribution in [3.8, 4) is 0 Å². The number of thiol groups is 1. The first-order valence-corrected chi connectivity index (χ1v) is 4.19. The van der Waals surface area contributed by atoms with Crippen LogP contribution in [0.25, 0.3) is 0 Å². The molecule has 0 bridgehead atoms. The Hall–Kier alpha value is -0.710. The van der Waals surface area contributed by atoms with E-state index in [-0.39, 0.29) is 6.03 Å². The van der Waals surface area contributed by atoms with Gasteiger partial charge in [0.25, 0.3) is 0 Å². The summed E-state index contributed by atoms with van der Waals surface area (Å²) in [6.07, 6.45) is 2.34. The highest BCUT2D eigenvalue weighted by Gasteiger charge is 2.04. The number of rotatable bonds is 3. The standard InChI is InChI=1S/C7H15N3OS/c1-4-5-10(12)7(11)8-6-9(2)3/h6,12H,4-5H2,1-3H3. The zero-order chi connectivity index (χ0) is 9.56. The molecule has 0 rings (SSSR count). The number of amides is 2. The van der Waals surface area contributed by atoms with E-state index in [1.165, 1.54) is 10.6 Å². The summed E-state index contributed by atoms with van der Waals surface area (Å²) in [7, 11) is 3.61. The minimum absolute atomic E-state index is 0.325. The van der Waals surface area contributed by atoms with Gasteiger partial charge in [-0.3, -0.25) is 4.31 Å². The first-order valence-electron chi connectivity index (χ1n) is 3.79. The summed E-state index contributed by atoms with van der Waals surface area (Å²) in [6, 6.07) is -0.325. The van der Waals surface area contributed by atoms with Gasteiger partial charge in [0, 0.05) is 20.6 Å². The van der Waals surface area contributed by atoms with E-state index in [1.54, 1.807) is 19.0 Å². The Morgan fingerprint density at radius 2 is 2.17 bits per heavy atom. The number of aliphatic imine (C=N–C) groups is 1. The topological polar surface area (TPSA) is 35.9 Å². The lowest BCUT2D eigenvalue weighted by molar-refractivity contribution is 0.235. The van der Waals surface area contributed by atoms with Crippen molar-refractivity contribution in [3.05, 3.63) is 0 Å². The SMILES string of the molecule is CCCN(S)C(=O)N=CN(C)C. The number of carbonyl (C=O) groups excluding carboxylic acids is 1. The zero-order valence-corrected chi connectivity index (χ0v) is 8.58. The summed E-state index contributed by atoms with van der Waals surface area (Å²) >= 11 is 3.96. The molecule has 2 amide bonds. The number of hydrogen-bond acceptors (Lipinski definition) is 2. The van der Waals surface area contributed by atoms with E-state index in [4.69, 9.17) is 0 Å². The van der Waals surface area contributed by atoms with Gasteiger partial charge in [-0.25, -0.2) is 4.79 Å². The number of hydrogen-bond donors (Lipinski definition) is 1. The normalized spacial score (nSPS) is 10.3. The average Bonchev–Trinajstić information content (AvgIpc) is 2.00. The van der Waals surface area contributed by atoms with Crippen molar-refractivity contribution in [2.24, 2.45) is 4.99 Å². The van der Waals surface area contributed by atoms with Gasteiger partial charge in [-0.2, -0.15) is 4.99 Å². The van der Waals surface area contributed by atoms with Crippen LogP contribution in [0.3, 0.4) is 0 Å². The van der Waals surface area contributed by atoms with E-state index in [0.717, 1.165) is 6.42 Å². The van der Waals surface area contributed by atoms with Crippen molar-refractivity contribution in [3.63, 3.8) is 0 Å². The van der Waals surface area contributed by atoms with Crippen LogP contribution in [0.15, 0.2) is 4.99 Å². The van der Waals surface area contributed by atoms with E-state index >= 15 is 0 Å². The third kappa shape index (κ3) is 5.01. The lowest BCUT2D eigenvalue weighted by Crippen LogP contribution is -2.20. The van der Waals surface area contributed by atoms with E-state index in [9.17, 15) is 4.79 Å². The number of urea groups is 1. The van der Waals surface area contributed by atoms with Crippen molar-refractivity contribution < 1.29 is 4.79 Å². The summed E-state index contributed by atoms with van der Waals surface area (Å²) in [4.78, 5) is 16.4. The Bertz CT molecular complexity index is 170. The van der Waals surface area contributed by atoms with Crippen molar-refractivity contribution in [2.75, 3.05) is 20.6 Å². The van der Waals surface area contributed by atoms with Crippen molar-refractivity contribution in [1.82, 2.24) is 9.21 Å². The highest BCUT2D eigenvalue weighted by atomic mass is 32.1. The summed E-state index contributed by atoms with van der Waals surface area (Å²) < 4.78 is 1.29. The summed E-state index contributed by atoms with van der Waals surface area (Å²) in [6.45, 7) is 2.60. The Kier molecular flexibility index (Phi) is 5.53. The van der Waals surface area contributed by atoms with Gasteiger partial charge in [0.2, 0.25) is 0 Å². The Balaban J connectivity index is 3.86. The third-order valence-corrected chi connectivity index (χ3v) is 1.43. The lowest BCUT2D eigenvalue weighted by atomic mass is 10.5. The van der Waals surface area contributed by atoms with Gasteiger partial charge in [0.1, 0.15) is 0 Å². The van der Waals surface area contributed by atoms with Crippen LogP contribution in [0.2, 0.25) is 0 Å². The van der Waals surface area contributed by atoms with Gasteiger partial charge in [0.15, 0.2) is 0 Å².